The van der Waals surface area contributed by atoms with Crippen LogP contribution in [0.1, 0.15) is 19.3 Å². The van der Waals surface area contributed by atoms with Crippen molar-refractivity contribution in [3.63, 3.8) is 0 Å². The van der Waals surface area contributed by atoms with Crippen LogP contribution in [0.4, 0.5) is 0 Å². The van der Waals surface area contributed by atoms with Crippen molar-refractivity contribution in [2.24, 2.45) is 10.9 Å². The van der Waals surface area contributed by atoms with Crippen LogP contribution in [0.15, 0.2) is 4.99 Å². The topological polar surface area (TPSA) is 45.6 Å². The van der Waals surface area contributed by atoms with Gasteiger partial charge >= 0.3 is 0 Å². The summed E-state index contributed by atoms with van der Waals surface area (Å²) in [6.07, 6.45) is 3.69. The van der Waals surface area contributed by atoms with E-state index in [4.69, 9.17) is 4.74 Å². The first-order valence-electron chi connectivity index (χ1n) is 5.55. The highest BCUT2D eigenvalue weighted by Gasteiger charge is 2.13. The number of rotatable bonds is 3. The van der Waals surface area contributed by atoms with Gasteiger partial charge in [-0.05, 0) is 25.2 Å². The summed E-state index contributed by atoms with van der Waals surface area (Å²) in [5.41, 5.74) is 0. The summed E-state index contributed by atoms with van der Waals surface area (Å²) in [6, 6.07) is 0. The average molecular weight is 197 g/mol. The van der Waals surface area contributed by atoms with Gasteiger partial charge in [0.25, 0.3) is 0 Å². The molecule has 0 aromatic carbocycles. The minimum atomic E-state index is 0.846. The number of nitrogens with zero attached hydrogens (tertiary/aromatic N) is 1. The van der Waals surface area contributed by atoms with E-state index in [-0.39, 0.29) is 0 Å². The van der Waals surface area contributed by atoms with E-state index in [1.807, 2.05) is 0 Å². The fourth-order valence-corrected chi connectivity index (χ4v) is 1.95. The third-order valence-corrected chi connectivity index (χ3v) is 2.86. The van der Waals surface area contributed by atoms with E-state index in [2.05, 4.69) is 15.6 Å². The predicted octanol–water partition coefficient (Wildman–Crippen LogP) is 0.352. The van der Waals surface area contributed by atoms with Crippen molar-refractivity contribution in [3.8, 4) is 0 Å². The molecule has 0 atom stereocenters. The van der Waals surface area contributed by atoms with E-state index < -0.39 is 0 Å². The summed E-state index contributed by atoms with van der Waals surface area (Å²) in [5, 5.41) is 6.54. The third kappa shape index (κ3) is 2.87. The van der Waals surface area contributed by atoms with Crippen LogP contribution in [0, 0.1) is 5.92 Å². The maximum Gasteiger partial charge on any atom is 0.191 e. The lowest BCUT2D eigenvalue weighted by molar-refractivity contribution is 0.0643. The van der Waals surface area contributed by atoms with Crippen LogP contribution in [0.5, 0.6) is 0 Å². The fourth-order valence-electron chi connectivity index (χ4n) is 1.95. The molecule has 4 nitrogen and oxygen atoms in total. The molecule has 0 saturated carbocycles. The first-order chi connectivity index (χ1) is 6.95. The number of hydrogen-bond donors (Lipinski definition) is 2. The van der Waals surface area contributed by atoms with Gasteiger partial charge in [0, 0.05) is 26.3 Å². The Bertz CT molecular complexity index is 200. The van der Waals surface area contributed by atoms with Crippen LogP contribution >= 0.6 is 0 Å². The monoisotopic (exact) mass is 197 g/mol. The molecule has 4 heteroatoms. The number of guanidine groups is 1. The van der Waals surface area contributed by atoms with Gasteiger partial charge in [-0.25, -0.2) is 0 Å². The zero-order valence-corrected chi connectivity index (χ0v) is 8.59. The molecule has 2 aliphatic rings. The largest absolute Gasteiger partial charge is 0.381 e. The van der Waals surface area contributed by atoms with Gasteiger partial charge in [0.15, 0.2) is 5.96 Å². The Hall–Kier alpha value is -0.770. The number of ether oxygens (including phenoxy) is 1. The van der Waals surface area contributed by atoms with Gasteiger partial charge in [-0.3, -0.25) is 4.99 Å². The Morgan fingerprint density at radius 1 is 1.43 bits per heavy atom. The molecule has 2 heterocycles. The van der Waals surface area contributed by atoms with Gasteiger partial charge < -0.3 is 15.4 Å². The summed E-state index contributed by atoms with van der Waals surface area (Å²) in [7, 11) is 0. The number of aliphatic imine (C=N–C) groups is 1. The van der Waals surface area contributed by atoms with Gasteiger partial charge in [-0.2, -0.15) is 0 Å². The molecule has 14 heavy (non-hydrogen) atoms. The standard InChI is InChI=1S/C10H19N3O/c1(9-2-7-14-8-3-9)4-11-10-12-5-6-13-10/h9H,1-8H2,(H2,11,12,13). The van der Waals surface area contributed by atoms with Crippen molar-refractivity contribution < 1.29 is 4.74 Å². The first kappa shape index (κ1) is 9.77. The minimum Gasteiger partial charge on any atom is -0.381 e. The van der Waals surface area contributed by atoms with Gasteiger partial charge in [-0.1, -0.05) is 0 Å². The summed E-state index contributed by atoms with van der Waals surface area (Å²) in [6.45, 7) is 4.84. The van der Waals surface area contributed by atoms with Crippen molar-refractivity contribution >= 4 is 5.96 Å². The van der Waals surface area contributed by atoms with Gasteiger partial charge in [0.1, 0.15) is 0 Å². The maximum absolute atomic E-state index is 5.32. The van der Waals surface area contributed by atoms with E-state index >= 15 is 0 Å². The van der Waals surface area contributed by atoms with Crippen LogP contribution in [0.25, 0.3) is 0 Å². The van der Waals surface area contributed by atoms with Crippen molar-refractivity contribution in [2.75, 3.05) is 32.8 Å². The zero-order chi connectivity index (χ0) is 9.64. The molecular formula is C10H19N3O. The Morgan fingerprint density at radius 3 is 3.00 bits per heavy atom. The molecule has 80 valence electrons. The summed E-state index contributed by atoms with van der Waals surface area (Å²) < 4.78 is 5.32. The third-order valence-electron chi connectivity index (χ3n) is 2.86. The Kier molecular flexibility index (Phi) is 3.63. The second-order valence-corrected chi connectivity index (χ2v) is 3.93. The van der Waals surface area contributed by atoms with Crippen molar-refractivity contribution in [2.45, 2.75) is 19.3 Å². The van der Waals surface area contributed by atoms with Crippen molar-refractivity contribution in [3.05, 3.63) is 0 Å². The number of hydrogen-bond acceptors (Lipinski definition) is 4. The van der Waals surface area contributed by atoms with Crippen molar-refractivity contribution in [1.82, 2.24) is 10.6 Å². The van der Waals surface area contributed by atoms with E-state index in [9.17, 15) is 0 Å². The molecule has 0 radical (unpaired) electrons. The zero-order valence-electron chi connectivity index (χ0n) is 8.59. The molecule has 1 fully saturated rings. The van der Waals surface area contributed by atoms with E-state index in [1.165, 1.54) is 19.3 Å². The van der Waals surface area contributed by atoms with Gasteiger partial charge in [0.2, 0.25) is 0 Å². The van der Waals surface area contributed by atoms with Crippen LogP contribution in [0.2, 0.25) is 0 Å². The lowest BCUT2D eigenvalue weighted by Gasteiger charge is -2.22. The van der Waals surface area contributed by atoms with Crippen molar-refractivity contribution in [1.29, 1.82) is 0 Å². The molecule has 2 aliphatic heterocycles. The predicted molar refractivity (Wildman–Crippen MR) is 56.5 cm³/mol. The Balaban J connectivity index is 1.57. The fraction of sp³-hybridized carbons (Fsp3) is 0.900. The first-order valence-corrected chi connectivity index (χ1v) is 5.55. The minimum absolute atomic E-state index is 0.846. The van der Waals surface area contributed by atoms with Gasteiger partial charge in [0.05, 0.1) is 6.54 Å². The highest BCUT2D eigenvalue weighted by molar-refractivity contribution is 5.81. The van der Waals surface area contributed by atoms with E-state index in [0.29, 0.717) is 0 Å². The molecule has 0 bridgehead atoms. The van der Waals surface area contributed by atoms with E-state index in [0.717, 1.165) is 44.7 Å². The molecule has 0 spiro atoms. The lowest BCUT2D eigenvalue weighted by Crippen LogP contribution is -2.35. The average Bonchev–Trinajstić information content (AvgIpc) is 2.72. The molecular weight excluding hydrogens is 178 g/mol. The van der Waals surface area contributed by atoms with E-state index in [1.54, 1.807) is 0 Å². The van der Waals surface area contributed by atoms with Crippen LogP contribution in [-0.4, -0.2) is 38.8 Å². The van der Waals surface area contributed by atoms with Gasteiger partial charge in [-0.15, -0.1) is 0 Å². The molecule has 0 aromatic rings. The van der Waals surface area contributed by atoms with Crippen LogP contribution < -0.4 is 10.6 Å². The Morgan fingerprint density at radius 2 is 2.29 bits per heavy atom. The molecule has 0 unspecified atom stereocenters. The summed E-state index contributed by atoms with van der Waals surface area (Å²) in [4.78, 5) is 4.29. The Labute approximate surface area is 85.1 Å². The quantitative estimate of drug-likeness (QED) is 0.686. The normalized spacial score (nSPS) is 23.0. The molecule has 0 aliphatic carbocycles. The van der Waals surface area contributed by atoms with Crippen LogP contribution in [-0.2, 0) is 4.74 Å². The summed E-state index contributed by atoms with van der Waals surface area (Å²) in [5.74, 6) is 1.83. The summed E-state index contributed by atoms with van der Waals surface area (Å²) >= 11 is 0. The molecule has 0 amide bonds. The molecule has 1 saturated heterocycles. The smallest absolute Gasteiger partial charge is 0.191 e. The molecule has 0 aromatic heterocycles. The SMILES string of the molecule is C1CNC(NCCC2CCOCC2)=N1. The van der Waals surface area contributed by atoms with Crippen LogP contribution in [0.3, 0.4) is 0 Å². The molecule has 2 rings (SSSR count). The maximum atomic E-state index is 5.32. The lowest BCUT2D eigenvalue weighted by atomic mass is 9.97. The molecule has 2 N–H and O–H groups in total. The second kappa shape index (κ2) is 5.20. The highest BCUT2D eigenvalue weighted by Crippen LogP contribution is 2.17. The highest BCUT2D eigenvalue weighted by atomic mass is 16.5. The number of nitrogens with one attached hydrogen (secondary N) is 2. The second-order valence-electron chi connectivity index (χ2n) is 3.93.